The molecule has 0 spiro atoms. The minimum absolute atomic E-state index is 0.0667. The fourth-order valence-corrected chi connectivity index (χ4v) is 5.49. The van der Waals surface area contributed by atoms with Crippen molar-refractivity contribution in [2.24, 2.45) is 5.41 Å². The largest absolute Gasteiger partial charge is 0.381 e. The van der Waals surface area contributed by atoms with E-state index in [1.165, 1.54) is 4.31 Å². The fraction of sp³-hybridized carbons (Fsp3) is 1.00. The quantitative estimate of drug-likeness (QED) is 0.766. The minimum Gasteiger partial charge on any atom is -0.381 e. The van der Waals surface area contributed by atoms with Crippen molar-refractivity contribution in [2.45, 2.75) is 44.6 Å². The number of rotatable bonds is 5. The molecule has 0 radical (unpaired) electrons. The molecule has 0 saturated carbocycles. The molecule has 0 N–H and O–H groups in total. The second-order valence-corrected chi connectivity index (χ2v) is 8.36. The Morgan fingerprint density at radius 3 is 2.55 bits per heavy atom. The van der Waals surface area contributed by atoms with Crippen molar-refractivity contribution in [1.29, 1.82) is 0 Å². The van der Waals surface area contributed by atoms with Gasteiger partial charge in [-0.25, -0.2) is 17.2 Å². The molecule has 2 saturated heterocycles. The zero-order valence-electron chi connectivity index (χ0n) is 13.2. The molecule has 1 atom stereocenters. The van der Waals surface area contributed by atoms with E-state index in [2.05, 4.69) is 0 Å². The first-order valence-electron chi connectivity index (χ1n) is 7.66. The summed E-state index contributed by atoms with van der Waals surface area (Å²) in [6.07, 6.45) is 1.47. The van der Waals surface area contributed by atoms with Crippen LogP contribution in [0.25, 0.3) is 0 Å². The van der Waals surface area contributed by atoms with Crippen LogP contribution in [0.15, 0.2) is 0 Å². The van der Waals surface area contributed by atoms with Crippen LogP contribution in [0, 0.1) is 5.41 Å². The van der Waals surface area contributed by atoms with Gasteiger partial charge in [0.25, 0.3) is 5.92 Å². The van der Waals surface area contributed by atoms with Crippen LogP contribution in [0.4, 0.5) is 8.78 Å². The summed E-state index contributed by atoms with van der Waals surface area (Å²) in [7, 11) is -2.21. The number of nitrogens with zero attached hydrogens (tertiary/aromatic N) is 1. The number of alkyl halides is 2. The molecule has 2 rings (SSSR count). The smallest absolute Gasteiger partial charge is 0.252 e. The van der Waals surface area contributed by atoms with Gasteiger partial charge in [-0.15, -0.1) is 0 Å². The van der Waals surface area contributed by atoms with E-state index in [1.807, 2.05) is 0 Å². The van der Waals surface area contributed by atoms with Crippen molar-refractivity contribution in [2.75, 3.05) is 39.2 Å². The minimum atomic E-state index is -3.75. The number of piperidine rings is 1. The zero-order valence-corrected chi connectivity index (χ0v) is 14.0. The third-order valence-corrected chi connectivity index (χ3v) is 6.94. The van der Waals surface area contributed by atoms with Crippen LogP contribution in [0.2, 0.25) is 0 Å². The van der Waals surface area contributed by atoms with Crippen LogP contribution in [0.1, 0.15) is 32.6 Å². The van der Waals surface area contributed by atoms with Crippen LogP contribution < -0.4 is 0 Å². The van der Waals surface area contributed by atoms with Gasteiger partial charge in [0.05, 0.1) is 17.3 Å². The van der Waals surface area contributed by atoms with Gasteiger partial charge in [0, 0.05) is 33.4 Å². The first-order chi connectivity index (χ1) is 10.2. The Morgan fingerprint density at radius 1 is 1.36 bits per heavy atom. The number of hydrogen-bond acceptors (Lipinski definition) is 4. The maximum absolute atomic E-state index is 14.1. The highest BCUT2D eigenvalue weighted by Gasteiger charge is 2.53. The molecule has 0 aromatic rings. The molecule has 0 aromatic carbocycles. The van der Waals surface area contributed by atoms with Crippen LogP contribution in [-0.4, -0.2) is 63.9 Å². The molecule has 2 heterocycles. The summed E-state index contributed by atoms with van der Waals surface area (Å²) < 4.78 is 65.3. The Balaban J connectivity index is 2.17. The Bertz CT molecular complexity index is 472. The summed E-state index contributed by atoms with van der Waals surface area (Å²) in [6.45, 7) is 1.81. The Hall–Kier alpha value is -0.310. The summed E-state index contributed by atoms with van der Waals surface area (Å²) in [5.74, 6) is -3.58. The third-order valence-electron chi connectivity index (χ3n) is 4.91. The number of methoxy groups -OCH3 is 1. The molecule has 130 valence electrons. The molecule has 22 heavy (non-hydrogen) atoms. The van der Waals surface area contributed by atoms with E-state index in [4.69, 9.17) is 9.47 Å². The van der Waals surface area contributed by atoms with Gasteiger partial charge in [-0.05, 0) is 32.6 Å². The van der Waals surface area contributed by atoms with Gasteiger partial charge < -0.3 is 9.47 Å². The lowest BCUT2D eigenvalue weighted by Crippen LogP contribution is -2.52. The predicted molar refractivity (Wildman–Crippen MR) is 78.5 cm³/mol. The monoisotopic (exact) mass is 341 g/mol. The first-order valence-corrected chi connectivity index (χ1v) is 9.27. The highest BCUT2D eigenvalue weighted by atomic mass is 32.2. The standard InChI is InChI=1S/C14H25F2NO4S/c1-13(15,16)14(5-8-21-9-6-14)11-22(18,19)17-7-3-4-12(10-17)20-2/h12H,3-11H2,1-2H3. The molecule has 8 heteroatoms. The SMILES string of the molecule is COC1CCCN(S(=O)(=O)CC2(C(C)(F)F)CCOCC2)C1. The molecular weight excluding hydrogens is 316 g/mol. The summed E-state index contributed by atoms with van der Waals surface area (Å²) in [5, 5.41) is 0. The van der Waals surface area contributed by atoms with Crippen LogP contribution in [-0.2, 0) is 19.5 Å². The van der Waals surface area contributed by atoms with E-state index in [9.17, 15) is 17.2 Å². The number of hydrogen-bond donors (Lipinski definition) is 0. The van der Waals surface area contributed by atoms with Gasteiger partial charge in [-0.2, -0.15) is 4.31 Å². The maximum atomic E-state index is 14.1. The second-order valence-electron chi connectivity index (χ2n) is 6.40. The molecule has 2 aliphatic rings. The van der Waals surface area contributed by atoms with E-state index in [0.29, 0.717) is 13.0 Å². The molecule has 0 bridgehead atoms. The molecule has 1 unspecified atom stereocenters. The number of sulfonamides is 1. The lowest BCUT2D eigenvalue weighted by Gasteiger charge is -2.42. The topological polar surface area (TPSA) is 55.8 Å². The van der Waals surface area contributed by atoms with Crippen LogP contribution >= 0.6 is 0 Å². The average Bonchev–Trinajstić information content (AvgIpc) is 2.47. The van der Waals surface area contributed by atoms with E-state index >= 15 is 0 Å². The normalized spacial score (nSPS) is 27.7. The highest BCUT2D eigenvalue weighted by Crippen LogP contribution is 2.46. The predicted octanol–water partition coefficient (Wildman–Crippen LogP) is 1.88. The Labute approximate surface area is 131 Å². The summed E-state index contributed by atoms with van der Waals surface area (Å²) in [4.78, 5) is 0. The van der Waals surface area contributed by atoms with Crippen molar-refractivity contribution in [3.05, 3.63) is 0 Å². The first kappa shape index (κ1) is 18.0. The van der Waals surface area contributed by atoms with Gasteiger partial charge in [-0.3, -0.25) is 0 Å². The number of halogens is 2. The third kappa shape index (κ3) is 3.77. The van der Waals surface area contributed by atoms with Crippen molar-refractivity contribution < 1.29 is 26.7 Å². The molecule has 0 aromatic heterocycles. The highest BCUT2D eigenvalue weighted by molar-refractivity contribution is 7.89. The lowest BCUT2D eigenvalue weighted by atomic mass is 9.77. The van der Waals surface area contributed by atoms with Gasteiger partial charge in [0.2, 0.25) is 10.0 Å². The van der Waals surface area contributed by atoms with Gasteiger partial charge >= 0.3 is 0 Å². The number of ether oxygens (including phenoxy) is 2. The van der Waals surface area contributed by atoms with Crippen molar-refractivity contribution in [1.82, 2.24) is 4.31 Å². The summed E-state index contributed by atoms with van der Waals surface area (Å²) in [6, 6.07) is 0. The van der Waals surface area contributed by atoms with E-state index in [-0.39, 0.29) is 38.7 Å². The van der Waals surface area contributed by atoms with E-state index in [1.54, 1.807) is 7.11 Å². The van der Waals surface area contributed by atoms with E-state index in [0.717, 1.165) is 13.3 Å². The summed E-state index contributed by atoms with van der Waals surface area (Å²) >= 11 is 0. The van der Waals surface area contributed by atoms with Crippen LogP contribution in [0.5, 0.6) is 0 Å². The maximum Gasteiger partial charge on any atom is 0.252 e. The lowest BCUT2D eigenvalue weighted by molar-refractivity contribution is -0.139. The zero-order chi connectivity index (χ0) is 16.4. The Kier molecular flexibility index (Phi) is 5.46. The van der Waals surface area contributed by atoms with Crippen molar-refractivity contribution >= 4 is 10.0 Å². The van der Waals surface area contributed by atoms with Crippen LogP contribution in [0.3, 0.4) is 0 Å². The average molecular weight is 341 g/mol. The Morgan fingerprint density at radius 2 is 2.00 bits per heavy atom. The molecule has 0 amide bonds. The second kappa shape index (κ2) is 6.67. The van der Waals surface area contributed by atoms with Crippen molar-refractivity contribution in [3.63, 3.8) is 0 Å². The van der Waals surface area contributed by atoms with Gasteiger partial charge in [-0.1, -0.05) is 0 Å². The molecular formula is C14H25F2NO4S. The van der Waals surface area contributed by atoms with Gasteiger partial charge in [0.15, 0.2) is 0 Å². The molecule has 2 fully saturated rings. The molecule has 2 aliphatic heterocycles. The fourth-order valence-electron chi connectivity index (χ4n) is 3.26. The van der Waals surface area contributed by atoms with Crippen molar-refractivity contribution in [3.8, 4) is 0 Å². The van der Waals surface area contributed by atoms with Gasteiger partial charge in [0.1, 0.15) is 0 Å². The summed E-state index contributed by atoms with van der Waals surface area (Å²) in [5.41, 5.74) is -1.54. The molecule has 5 nitrogen and oxygen atoms in total. The molecule has 0 aliphatic carbocycles. The van der Waals surface area contributed by atoms with E-state index < -0.39 is 27.1 Å².